The molecule has 1 heterocycles. The van der Waals surface area contributed by atoms with Crippen LogP contribution in [-0.4, -0.2) is 16.9 Å². The zero-order valence-electron chi connectivity index (χ0n) is 10.1. The fraction of sp³-hybridized carbons (Fsp3) is 0.545. The number of nitrogens with one attached hydrogen (secondary N) is 1. The molecule has 5 heteroatoms. The lowest BCUT2D eigenvalue weighted by atomic mass is 10.1. The first-order valence-corrected chi connectivity index (χ1v) is 5.34. The van der Waals surface area contributed by atoms with Crippen LogP contribution in [0.3, 0.4) is 0 Å². The largest absolute Gasteiger partial charge is 0.493 e. The van der Waals surface area contributed by atoms with Gasteiger partial charge < -0.3 is 4.74 Å². The van der Waals surface area contributed by atoms with Gasteiger partial charge in [-0.25, -0.2) is 0 Å². The number of methoxy groups -OCH3 is 1. The molecule has 3 N–H and O–H groups in total. The standard InChI is InChI=1S/C11H20N4O/c1-5-6-9(14-12)11-10(16-4)7-13-15(11)8(2)3/h5,7-9,14H,1,6,12H2,2-4H3. The van der Waals surface area contributed by atoms with Crippen LogP contribution in [0.5, 0.6) is 5.75 Å². The van der Waals surface area contributed by atoms with E-state index in [2.05, 4.69) is 31.0 Å². The first kappa shape index (κ1) is 12.7. The van der Waals surface area contributed by atoms with Crippen molar-refractivity contribution in [2.45, 2.75) is 32.4 Å². The van der Waals surface area contributed by atoms with Crippen LogP contribution in [0.15, 0.2) is 18.9 Å². The molecule has 0 spiro atoms. The van der Waals surface area contributed by atoms with Gasteiger partial charge in [0.05, 0.1) is 25.0 Å². The number of hydrazine groups is 1. The number of ether oxygens (including phenoxy) is 1. The van der Waals surface area contributed by atoms with E-state index in [0.717, 1.165) is 17.9 Å². The van der Waals surface area contributed by atoms with Crippen LogP contribution in [0.2, 0.25) is 0 Å². The highest BCUT2D eigenvalue weighted by Gasteiger charge is 2.21. The Bertz CT molecular complexity index is 346. The van der Waals surface area contributed by atoms with Gasteiger partial charge in [0.25, 0.3) is 0 Å². The number of rotatable bonds is 6. The van der Waals surface area contributed by atoms with E-state index in [1.54, 1.807) is 13.3 Å². The average molecular weight is 224 g/mol. The van der Waals surface area contributed by atoms with E-state index in [4.69, 9.17) is 10.6 Å². The zero-order valence-corrected chi connectivity index (χ0v) is 10.1. The zero-order chi connectivity index (χ0) is 12.1. The molecule has 90 valence electrons. The molecule has 0 saturated carbocycles. The molecule has 0 amide bonds. The molecule has 1 atom stereocenters. The van der Waals surface area contributed by atoms with Gasteiger partial charge in [-0.3, -0.25) is 16.0 Å². The topological polar surface area (TPSA) is 65.1 Å². The number of hydrogen-bond acceptors (Lipinski definition) is 4. The lowest BCUT2D eigenvalue weighted by molar-refractivity contribution is 0.385. The summed E-state index contributed by atoms with van der Waals surface area (Å²) >= 11 is 0. The van der Waals surface area contributed by atoms with Gasteiger partial charge in [-0.15, -0.1) is 6.58 Å². The van der Waals surface area contributed by atoms with Gasteiger partial charge in [-0.2, -0.15) is 5.10 Å². The number of nitrogens with zero attached hydrogens (tertiary/aromatic N) is 2. The van der Waals surface area contributed by atoms with E-state index in [1.807, 2.05) is 10.8 Å². The molecule has 0 aliphatic heterocycles. The van der Waals surface area contributed by atoms with Gasteiger partial charge in [-0.05, 0) is 20.3 Å². The molecule has 1 rings (SSSR count). The number of hydrogen-bond donors (Lipinski definition) is 2. The molecule has 0 radical (unpaired) electrons. The van der Waals surface area contributed by atoms with Crippen molar-refractivity contribution < 1.29 is 4.74 Å². The average Bonchev–Trinajstić information content (AvgIpc) is 2.69. The highest BCUT2D eigenvalue weighted by atomic mass is 16.5. The Kier molecular flexibility index (Phi) is 4.52. The van der Waals surface area contributed by atoms with E-state index < -0.39 is 0 Å². The Morgan fingerprint density at radius 1 is 1.69 bits per heavy atom. The second-order valence-corrected chi connectivity index (χ2v) is 3.88. The highest BCUT2D eigenvalue weighted by molar-refractivity contribution is 5.29. The van der Waals surface area contributed by atoms with Crippen LogP contribution in [-0.2, 0) is 0 Å². The minimum atomic E-state index is -0.0302. The molecule has 0 aliphatic rings. The third-order valence-electron chi connectivity index (χ3n) is 2.44. The van der Waals surface area contributed by atoms with Gasteiger partial charge in [0, 0.05) is 6.04 Å². The molecule has 1 aromatic rings. The Morgan fingerprint density at radius 2 is 2.38 bits per heavy atom. The Labute approximate surface area is 96.2 Å². The fourth-order valence-corrected chi connectivity index (χ4v) is 1.68. The summed E-state index contributed by atoms with van der Waals surface area (Å²) in [6, 6.07) is 0.233. The lowest BCUT2D eigenvalue weighted by Crippen LogP contribution is -2.30. The van der Waals surface area contributed by atoms with E-state index in [0.29, 0.717) is 0 Å². The maximum Gasteiger partial charge on any atom is 0.161 e. The molecule has 0 bridgehead atoms. The van der Waals surface area contributed by atoms with Crippen LogP contribution in [0.25, 0.3) is 0 Å². The molecule has 16 heavy (non-hydrogen) atoms. The SMILES string of the molecule is C=CCC(NN)c1c(OC)cnn1C(C)C. The first-order chi connectivity index (χ1) is 7.65. The van der Waals surface area contributed by atoms with Gasteiger partial charge in [0.2, 0.25) is 0 Å². The van der Waals surface area contributed by atoms with Gasteiger partial charge in [-0.1, -0.05) is 6.08 Å². The second-order valence-electron chi connectivity index (χ2n) is 3.88. The Balaban J connectivity index is 3.14. The van der Waals surface area contributed by atoms with Crippen molar-refractivity contribution in [1.29, 1.82) is 0 Å². The molecule has 0 fully saturated rings. The second kappa shape index (κ2) is 5.67. The van der Waals surface area contributed by atoms with Crippen LogP contribution in [0, 0.1) is 0 Å². The summed E-state index contributed by atoms with van der Waals surface area (Å²) in [6.07, 6.45) is 4.26. The normalized spacial score (nSPS) is 12.8. The van der Waals surface area contributed by atoms with Crippen molar-refractivity contribution in [3.05, 3.63) is 24.5 Å². The first-order valence-electron chi connectivity index (χ1n) is 5.34. The van der Waals surface area contributed by atoms with Crippen molar-refractivity contribution in [1.82, 2.24) is 15.2 Å². The van der Waals surface area contributed by atoms with Crippen molar-refractivity contribution >= 4 is 0 Å². The van der Waals surface area contributed by atoms with E-state index >= 15 is 0 Å². The van der Waals surface area contributed by atoms with E-state index in [9.17, 15) is 0 Å². The van der Waals surface area contributed by atoms with Crippen molar-refractivity contribution in [2.24, 2.45) is 5.84 Å². The summed E-state index contributed by atoms with van der Waals surface area (Å²) in [5.41, 5.74) is 3.72. The van der Waals surface area contributed by atoms with Gasteiger partial charge in [0.15, 0.2) is 5.75 Å². The molecule has 5 nitrogen and oxygen atoms in total. The molecule has 1 aromatic heterocycles. The van der Waals surface area contributed by atoms with Crippen molar-refractivity contribution in [3.8, 4) is 5.75 Å². The summed E-state index contributed by atoms with van der Waals surface area (Å²) in [6.45, 7) is 7.86. The quantitative estimate of drug-likeness (QED) is 0.437. The number of aromatic nitrogens is 2. The third-order valence-corrected chi connectivity index (χ3v) is 2.44. The van der Waals surface area contributed by atoms with E-state index in [-0.39, 0.29) is 12.1 Å². The lowest BCUT2D eigenvalue weighted by Gasteiger charge is -2.19. The van der Waals surface area contributed by atoms with E-state index in [1.165, 1.54) is 0 Å². The smallest absolute Gasteiger partial charge is 0.161 e. The molecular weight excluding hydrogens is 204 g/mol. The Hall–Kier alpha value is -1.33. The molecule has 0 saturated heterocycles. The molecule has 0 aromatic carbocycles. The third kappa shape index (κ3) is 2.43. The maximum absolute atomic E-state index is 5.55. The molecule has 1 unspecified atom stereocenters. The summed E-state index contributed by atoms with van der Waals surface area (Å²) in [5, 5.41) is 4.30. The van der Waals surface area contributed by atoms with Crippen LogP contribution < -0.4 is 16.0 Å². The minimum Gasteiger partial charge on any atom is -0.493 e. The van der Waals surface area contributed by atoms with Gasteiger partial charge in [0.1, 0.15) is 0 Å². The fourth-order valence-electron chi connectivity index (χ4n) is 1.68. The van der Waals surface area contributed by atoms with Crippen LogP contribution in [0.1, 0.15) is 38.0 Å². The summed E-state index contributed by atoms with van der Waals surface area (Å²) in [5.74, 6) is 6.30. The Morgan fingerprint density at radius 3 is 2.81 bits per heavy atom. The molecular formula is C11H20N4O. The molecule has 0 aliphatic carbocycles. The summed E-state index contributed by atoms with van der Waals surface area (Å²) < 4.78 is 7.20. The number of nitrogens with two attached hydrogens (primary N) is 1. The summed E-state index contributed by atoms with van der Waals surface area (Å²) in [4.78, 5) is 0. The predicted molar refractivity (Wildman–Crippen MR) is 64.0 cm³/mol. The van der Waals surface area contributed by atoms with Crippen molar-refractivity contribution in [3.63, 3.8) is 0 Å². The van der Waals surface area contributed by atoms with Crippen LogP contribution >= 0.6 is 0 Å². The van der Waals surface area contributed by atoms with Crippen LogP contribution in [0.4, 0.5) is 0 Å². The van der Waals surface area contributed by atoms with Crippen molar-refractivity contribution in [2.75, 3.05) is 7.11 Å². The monoisotopic (exact) mass is 224 g/mol. The minimum absolute atomic E-state index is 0.0302. The summed E-state index contributed by atoms with van der Waals surface area (Å²) in [7, 11) is 1.63. The maximum atomic E-state index is 5.55. The highest BCUT2D eigenvalue weighted by Crippen LogP contribution is 2.28. The predicted octanol–water partition coefficient (Wildman–Crippen LogP) is 1.55. The van der Waals surface area contributed by atoms with Gasteiger partial charge >= 0.3 is 0 Å².